The van der Waals surface area contributed by atoms with Gasteiger partial charge in [0.2, 0.25) is 0 Å². The van der Waals surface area contributed by atoms with Gasteiger partial charge in [-0.3, -0.25) is 4.79 Å². The molecule has 4 heteroatoms. The summed E-state index contributed by atoms with van der Waals surface area (Å²) in [5, 5.41) is 9.07. The van der Waals surface area contributed by atoms with E-state index in [1.54, 1.807) is 11.8 Å². The van der Waals surface area contributed by atoms with Crippen LogP contribution in [0.25, 0.3) is 0 Å². The average molecular weight is 163 g/mol. The molecule has 2 nitrogen and oxygen atoms in total. The molecule has 0 amide bonds. The van der Waals surface area contributed by atoms with Gasteiger partial charge in [0.05, 0.1) is 0 Å². The van der Waals surface area contributed by atoms with Crippen molar-refractivity contribution in [1.29, 1.82) is 0 Å². The zero-order valence-electron chi connectivity index (χ0n) is 4.79. The lowest BCUT2D eigenvalue weighted by Gasteiger charge is -2.14. The lowest BCUT2D eigenvalue weighted by atomic mass is 10.5. The van der Waals surface area contributed by atoms with Crippen molar-refractivity contribution < 1.29 is 9.90 Å². The Morgan fingerprint density at radius 1 is 1.56 bits per heavy atom. The van der Waals surface area contributed by atoms with E-state index >= 15 is 0 Å². The van der Waals surface area contributed by atoms with Gasteiger partial charge in [0, 0.05) is 17.3 Å². The SMILES string of the molecule is O=C(O)[C]1CSCCS1. The van der Waals surface area contributed by atoms with Crippen LogP contribution in [0, 0.1) is 5.25 Å². The zero-order chi connectivity index (χ0) is 6.69. The normalized spacial score (nSPS) is 21.8. The molecule has 1 aliphatic rings. The summed E-state index contributed by atoms with van der Waals surface area (Å²) in [6.45, 7) is 0. The van der Waals surface area contributed by atoms with Crippen molar-refractivity contribution in [3.05, 3.63) is 5.25 Å². The van der Waals surface area contributed by atoms with Gasteiger partial charge in [-0.2, -0.15) is 11.8 Å². The Labute approximate surface area is 62.4 Å². The molecule has 9 heavy (non-hydrogen) atoms. The summed E-state index contributed by atoms with van der Waals surface area (Å²) < 4.78 is 0. The maximum Gasteiger partial charge on any atom is 0.322 e. The number of hydrogen-bond donors (Lipinski definition) is 1. The molecule has 51 valence electrons. The van der Waals surface area contributed by atoms with Gasteiger partial charge in [0.15, 0.2) is 0 Å². The van der Waals surface area contributed by atoms with Crippen LogP contribution in [-0.4, -0.2) is 28.3 Å². The molecule has 1 saturated heterocycles. The Morgan fingerprint density at radius 3 is 2.67 bits per heavy atom. The molecule has 0 aromatic carbocycles. The van der Waals surface area contributed by atoms with Crippen LogP contribution in [-0.2, 0) is 4.79 Å². The topological polar surface area (TPSA) is 37.3 Å². The third-order valence-electron chi connectivity index (χ3n) is 0.976. The molecule has 1 heterocycles. The number of carboxylic acid groups (broad SMARTS) is 1. The van der Waals surface area contributed by atoms with Gasteiger partial charge in [-0.15, -0.1) is 11.8 Å². The minimum Gasteiger partial charge on any atom is -0.480 e. The van der Waals surface area contributed by atoms with Crippen molar-refractivity contribution in [1.82, 2.24) is 0 Å². The summed E-state index contributed by atoms with van der Waals surface area (Å²) in [4.78, 5) is 10.3. The lowest BCUT2D eigenvalue weighted by molar-refractivity contribution is -0.133. The fourth-order valence-corrected chi connectivity index (χ4v) is 2.76. The van der Waals surface area contributed by atoms with Gasteiger partial charge in [0.25, 0.3) is 0 Å². The molecule has 1 fully saturated rings. The zero-order valence-corrected chi connectivity index (χ0v) is 6.43. The number of aliphatic carboxylic acids is 1. The highest BCUT2D eigenvalue weighted by Gasteiger charge is 2.21. The van der Waals surface area contributed by atoms with Gasteiger partial charge in [-0.05, 0) is 0 Å². The Bertz CT molecular complexity index is 110. The Balaban J connectivity index is 2.31. The van der Waals surface area contributed by atoms with E-state index in [4.69, 9.17) is 5.11 Å². The molecule has 1 rings (SSSR count). The van der Waals surface area contributed by atoms with Gasteiger partial charge < -0.3 is 5.11 Å². The van der Waals surface area contributed by atoms with Crippen molar-refractivity contribution in [2.45, 2.75) is 0 Å². The summed E-state index contributed by atoms with van der Waals surface area (Å²) in [6.07, 6.45) is 0. The van der Waals surface area contributed by atoms with Crippen LogP contribution in [0.2, 0.25) is 0 Å². The Kier molecular flexibility index (Phi) is 2.72. The summed E-state index contributed by atoms with van der Waals surface area (Å²) in [6, 6.07) is 0. The highest BCUT2D eigenvalue weighted by Crippen LogP contribution is 2.29. The second kappa shape index (κ2) is 3.37. The second-order valence-electron chi connectivity index (χ2n) is 1.63. The third kappa shape index (κ3) is 2.10. The molecule has 0 spiro atoms. The van der Waals surface area contributed by atoms with Crippen LogP contribution in [0.4, 0.5) is 0 Å². The van der Waals surface area contributed by atoms with Crippen LogP contribution in [0.3, 0.4) is 0 Å². The molecular formula is C5H7O2S2. The Hall–Kier alpha value is 0.170. The van der Waals surface area contributed by atoms with E-state index in [0.29, 0.717) is 11.0 Å². The molecule has 0 aromatic rings. The number of carboxylic acids is 1. The number of hydrogen-bond acceptors (Lipinski definition) is 3. The number of thioether (sulfide) groups is 2. The summed E-state index contributed by atoms with van der Waals surface area (Å²) in [5.41, 5.74) is 0. The average Bonchev–Trinajstić information content (AvgIpc) is 1.90. The van der Waals surface area contributed by atoms with Crippen LogP contribution in [0.5, 0.6) is 0 Å². The lowest BCUT2D eigenvalue weighted by Crippen LogP contribution is -2.15. The van der Waals surface area contributed by atoms with E-state index < -0.39 is 5.97 Å². The molecule has 0 unspecified atom stereocenters. The monoisotopic (exact) mass is 163 g/mol. The van der Waals surface area contributed by atoms with Crippen molar-refractivity contribution in [2.75, 3.05) is 17.3 Å². The maximum atomic E-state index is 10.3. The fraction of sp³-hybridized carbons (Fsp3) is 0.600. The molecule has 1 aliphatic heterocycles. The first-order valence-electron chi connectivity index (χ1n) is 2.60. The predicted octanol–water partition coefficient (Wildman–Crippen LogP) is 1.08. The molecule has 1 N–H and O–H groups in total. The minimum absolute atomic E-state index is 0.603. The molecule has 0 saturated carbocycles. The third-order valence-corrected chi connectivity index (χ3v) is 3.48. The summed E-state index contributed by atoms with van der Waals surface area (Å²) >= 11 is 3.16. The highest BCUT2D eigenvalue weighted by molar-refractivity contribution is 8.08. The van der Waals surface area contributed by atoms with Gasteiger partial charge >= 0.3 is 5.97 Å². The minimum atomic E-state index is -0.743. The number of rotatable bonds is 1. The van der Waals surface area contributed by atoms with Gasteiger partial charge in [-0.1, -0.05) is 0 Å². The predicted molar refractivity (Wildman–Crippen MR) is 40.7 cm³/mol. The summed E-state index contributed by atoms with van der Waals surface area (Å²) in [7, 11) is 0. The molecular weight excluding hydrogens is 156 g/mol. The molecule has 0 aromatic heterocycles. The first-order chi connectivity index (χ1) is 4.30. The molecule has 0 bridgehead atoms. The van der Waals surface area contributed by atoms with Gasteiger partial charge in [0.1, 0.15) is 5.25 Å². The van der Waals surface area contributed by atoms with Crippen LogP contribution < -0.4 is 0 Å². The maximum absolute atomic E-state index is 10.3. The van der Waals surface area contributed by atoms with E-state index in [2.05, 4.69) is 0 Å². The van der Waals surface area contributed by atoms with Crippen molar-refractivity contribution in [3.63, 3.8) is 0 Å². The standard InChI is InChI=1S/C5H7O2S2/c6-5(7)4-3-8-1-2-9-4/h1-3H2,(H,6,7). The first kappa shape index (κ1) is 7.28. The van der Waals surface area contributed by atoms with Crippen LogP contribution >= 0.6 is 23.5 Å². The van der Waals surface area contributed by atoms with E-state index in [-0.39, 0.29) is 0 Å². The van der Waals surface area contributed by atoms with E-state index in [9.17, 15) is 4.79 Å². The number of carbonyl (C=O) groups is 1. The van der Waals surface area contributed by atoms with Crippen LogP contribution in [0.15, 0.2) is 0 Å². The smallest absolute Gasteiger partial charge is 0.322 e. The van der Waals surface area contributed by atoms with Crippen molar-refractivity contribution in [3.8, 4) is 0 Å². The first-order valence-corrected chi connectivity index (χ1v) is 4.74. The summed E-state index contributed by atoms with van der Waals surface area (Å²) in [5.74, 6) is 1.99. The van der Waals surface area contributed by atoms with E-state index in [1.165, 1.54) is 11.8 Å². The van der Waals surface area contributed by atoms with Crippen LogP contribution in [0.1, 0.15) is 0 Å². The molecule has 1 radical (unpaired) electrons. The quantitative estimate of drug-likeness (QED) is 0.627. The van der Waals surface area contributed by atoms with Gasteiger partial charge in [-0.25, -0.2) is 0 Å². The van der Waals surface area contributed by atoms with Crippen molar-refractivity contribution in [2.24, 2.45) is 0 Å². The second-order valence-corrected chi connectivity index (χ2v) is 3.92. The highest BCUT2D eigenvalue weighted by atomic mass is 32.2. The fourth-order valence-electron chi connectivity index (χ4n) is 0.554. The molecule has 0 aliphatic carbocycles. The largest absolute Gasteiger partial charge is 0.480 e. The Morgan fingerprint density at radius 2 is 2.33 bits per heavy atom. The van der Waals surface area contributed by atoms with E-state index in [0.717, 1.165) is 11.5 Å². The molecule has 0 atom stereocenters. The van der Waals surface area contributed by atoms with Crippen molar-refractivity contribution >= 4 is 29.5 Å². The van der Waals surface area contributed by atoms with E-state index in [1.807, 2.05) is 0 Å².